The first-order valence-electron chi connectivity index (χ1n) is 5.32. The molecule has 0 amide bonds. The van der Waals surface area contributed by atoms with Gasteiger partial charge in [0.2, 0.25) is 0 Å². The highest BCUT2D eigenvalue weighted by molar-refractivity contribution is 5.36. The van der Waals surface area contributed by atoms with E-state index < -0.39 is 0 Å². The third-order valence-corrected chi connectivity index (χ3v) is 2.60. The summed E-state index contributed by atoms with van der Waals surface area (Å²) in [6.07, 6.45) is 0.660. The highest BCUT2D eigenvalue weighted by atomic mass is 16.6. The highest BCUT2D eigenvalue weighted by Gasteiger charge is 2.07. The molecule has 0 unspecified atom stereocenters. The van der Waals surface area contributed by atoms with E-state index in [1.165, 1.54) is 5.56 Å². The van der Waals surface area contributed by atoms with Crippen LogP contribution in [0.15, 0.2) is 28.9 Å². The Bertz CT molecular complexity index is 459. The Morgan fingerprint density at radius 1 is 1.19 bits per heavy atom. The number of hydrogen-bond acceptors (Lipinski definition) is 4. The molecule has 0 aliphatic carbocycles. The molecule has 0 aliphatic heterocycles. The second-order valence-corrected chi connectivity index (χ2v) is 4.17. The molecule has 0 radical (unpaired) electrons. The van der Waals surface area contributed by atoms with E-state index >= 15 is 0 Å². The molecule has 84 valence electrons. The smallest absolute Gasteiger partial charge is 0.191 e. The summed E-state index contributed by atoms with van der Waals surface area (Å²) in [7, 11) is 0. The van der Waals surface area contributed by atoms with Gasteiger partial charge in [-0.2, -0.15) is 0 Å². The van der Waals surface area contributed by atoms with Crippen LogP contribution >= 0.6 is 0 Å². The lowest BCUT2D eigenvalue weighted by Crippen LogP contribution is -1.95. The average molecular weight is 217 g/mol. The van der Waals surface area contributed by atoms with Gasteiger partial charge in [0.05, 0.1) is 0 Å². The molecular weight excluding hydrogens is 202 g/mol. The number of nitrogen functional groups attached to an aromatic ring is 1. The summed E-state index contributed by atoms with van der Waals surface area (Å²) < 4.78 is 4.55. The number of aromatic nitrogens is 2. The fourth-order valence-corrected chi connectivity index (χ4v) is 1.55. The Morgan fingerprint density at radius 2 is 1.88 bits per heavy atom. The predicted octanol–water partition coefficient (Wildman–Crippen LogP) is 2.37. The molecule has 0 saturated carbocycles. The van der Waals surface area contributed by atoms with Crippen LogP contribution in [0.2, 0.25) is 0 Å². The second kappa shape index (κ2) is 4.35. The van der Waals surface area contributed by atoms with Gasteiger partial charge < -0.3 is 5.73 Å². The molecule has 0 spiro atoms. The molecule has 0 saturated heterocycles. The Morgan fingerprint density at radius 3 is 2.38 bits per heavy atom. The maximum atomic E-state index is 5.60. The minimum absolute atomic E-state index is 0.368. The van der Waals surface area contributed by atoms with Gasteiger partial charge in [-0.15, -0.1) is 0 Å². The summed E-state index contributed by atoms with van der Waals surface area (Å²) in [5, 5.41) is 7.31. The number of nitrogens with zero attached hydrogens (tertiary/aromatic N) is 2. The van der Waals surface area contributed by atoms with Crippen LogP contribution in [-0.4, -0.2) is 10.3 Å². The largest absolute Gasteiger partial charge is 0.379 e. The van der Waals surface area contributed by atoms with Gasteiger partial charge in [-0.25, -0.2) is 4.63 Å². The predicted molar refractivity (Wildman–Crippen MR) is 62.0 cm³/mol. The molecule has 16 heavy (non-hydrogen) atoms. The van der Waals surface area contributed by atoms with Gasteiger partial charge in [-0.3, -0.25) is 0 Å². The lowest BCUT2D eigenvalue weighted by Gasteiger charge is -2.05. The normalized spacial score (nSPS) is 10.9. The van der Waals surface area contributed by atoms with E-state index in [9.17, 15) is 0 Å². The number of benzene rings is 1. The maximum absolute atomic E-state index is 5.60. The number of anilines is 1. The first-order valence-corrected chi connectivity index (χ1v) is 5.32. The first-order chi connectivity index (χ1) is 7.66. The summed E-state index contributed by atoms with van der Waals surface area (Å²) in [6, 6.07) is 8.43. The van der Waals surface area contributed by atoms with Gasteiger partial charge in [0.25, 0.3) is 0 Å². The molecule has 0 fully saturated rings. The van der Waals surface area contributed by atoms with Gasteiger partial charge in [0.1, 0.15) is 5.69 Å². The molecule has 4 heteroatoms. The first kappa shape index (κ1) is 10.7. The molecule has 1 heterocycles. The molecular formula is C12H15N3O. The van der Waals surface area contributed by atoms with E-state index in [0.717, 1.165) is 5.56 Å². The fourth-order valence-electron chi connectivity index (χ4n) is 1.55. The van der Waals surface area contributed by atoms with Crippen LogP contribution in [0.5, 0.6) is 0 Å². The Hall–Kier alpha value is -1.84. The van der Waals surface area contributed by atoms with Crippen molar-refractivity contribution < 1.29 is 4.63 Å². The van der Waals surface area contributed by atoms with Crippen molar-refractivity contribution >= 4 is 5.82 Å². The molecule has 2 N–H and O–H groups in total. The van der Waals surface area contributed by atoms with Crippen LogP contribution in [0.4, 0.5) is 5.82 Å². The van der Waals surface area contributed by atoms with Crippen LogP contribution < -0.4 is 5.73 Å². The van der Waals surface area contributed by atoms with Gasteiger partial charge in [-0.1, -0.05) is 43.3 Å². The average Bonchev–Trinajstić information content (AvgIpc) is 2.65. The summed E-state index contributed by atoms with van der Waals surface area (Å²) >= 11 is 0. The molecule has 2 aromatic rings. The molecule has 1 aromatic heterocycles. The number of nitrogens with two attached hydrogens (primary N) is 1. The molecule has 4 nitrogen and oxygen atoms in total. The summed E-state index contributed by atoms with van der Waals surface area (Å²) in [4.78, 5) is 0. The van der Waals surface area contributed by atoms with Gasteiger partial charge in [-0.05, 0) is 22.2 Å². The second-order valence-electron chi connectivity index (χ2n) is 4.17. The van der Waals surface area contributed by atoms with Crippen molar-refractivity contribution in [2.45, 2.75) is 26.2 Å². The minimum atomic E-state index is 0.368. The van der Waals surface area contributed by atoms with Crippen LogP contribution in [0.1, 0.15) is 36.6 Å². The van der Waals surface area contributed by atoms with Crippen molar-refractivity contribution in [1.82, 2.24) is 10.3 Å². The fraction of sp³-hybridized carbons (Fsp3) is 0.333. The standard InChI is InChI=1S/C12H15N3O/c1-8(2)10-5-3-9(4-6-10)7-11-12(13)15-16-14-11/h3-6,8H,7H2,1-2H3,(H2,13,15). The van der Waals surface area contributed by atoms with E-state index in [1.807, 2.05) is 0 Å². The lowest BCUT2D eigenvalue weighted by molar-refractivity contribution is 0.305. The van der Waals surface area contributed by atoms with E-state index in [4.69, 9.17) is 5.73 Å². The molecule has 0 aliphatic rings. The highest BCUT2D eigenvalue weighted by Crippen LogP contribution is 2.17. The Balaban J connectivity index is 2.14. The quantitative estimate of drug-likeness (QED) is 0.857. The summed E-state index contributed by atoms with van der Waals surface area (Å²) in [5.41, 5.74) is 8.78. The van der Waals surface area contributed by atoms with Crippen molar-refractivity contribution in [3.8, 4) is 0 Å². The minimum Gasteiger partial charge on any atom is -0.379 e. The SMILES string of the molecule is CC(C)c1ccc(Cc2nonc2N)cc1. The van der Waals surface area contributed by atoms with E-state index in [0.29, 0.717) is 23.9 Å². The summed E-state index contributed by atoms with van der Waals surface area (Å²) in [6.45, 7) is 4.35. The van der Waals surface area contributed by atoms with Gasteiger partial charge in [0.15, 0.2) is 5.82 Å². The zero-order valence-electron chi connectivity index (χ0n) is 9.47. The van der Waals surface area contributed by atoms with Crippen LogP contribution in [0, 0.1) is 0 Å². The van der Waals surface area contributed by atoms with Crippen molar-refractivity contribution in [3.05, 3.63) is 41.1 Å². The van der Waals surface area contributed by atoms with Crippen molar-refractivity contribution in [2.24, 2.45) is 0 Å². The maximum Gasteiger partial charge on any atom is 0.191 e. The number of hydrogen-bond donors (Lipinski definition) is 1. The monoisotopic (exact) mass is 217 g/mol. The Kier molecular flexibility index (Phi) is 2.90. The van der Waals surface area contributed by atoms with Crippen LogP contribution in [-0.2, 0) is 6.42 Å². The molecule has 0 atom stereocenters. The third-order valence-electron chi connectivity index (χ3n) is 2.60. The molecule has 0 bridgehead atoms. The zero-order chi connectivity index (χ0) is 11.5. The van der Waals surface area contributed by atoms with Crippen molar-refractivity contribution in [1.29, 1.82) is 0 Å². The molecule has 1 aromatic carbocycles. The van der Waals surface area contributed by atoms with Crippen LogP contribution in [0.25, 0.3) is 0 Å². The van der Waals surface area contributed by atoms with Crippen molar-refractivity contribution in [2.75, 3.05) is 5.73 Å². The van der Waals surface area contributed by atoms with Crippen LogP contribution in [0.3, 0.4) is 0 Å². The van der Waals surface area contributed by atoms with Crippen molar-refractivity contribution in [3.63, 3.8) is 0 Å². The third kappa shape index (κ3) is 2.21. The Labute approximate surface area is 94.4 Å². The molecule has 2 rings (SSSR count). The van der Waals surface area contributed by atoms with E-state index in [-0.39, 0.29) is 0 Å². The van der Waals surface area contributed by atoms with Gasteiger partial charge in [0, 0.05) is 6.42 Å². The van der Waals surface area contributed by atoms with E-state index in [2.05, 4.69) is 53.1 Å². The zero-order valence-corrected chi connectivity index (χ0v) is 9.47. The van der Waals surface area contributed by atoms with E-state index in [1.54, 1.807) is 0 Å². The van der Waals surface area contributed by atoms with Gasteiger partial charge >= 0.3 is 0 Å². The topological polar surface area (TPSA) is 64.9 Å². The number of rotatable bonds is 3. The lowest BCUT2D eigenvalue weighted by atomic mass is 10.0. The summed E-state index contributed by atoms with van der Waals surface area (Å²) in [5.74, 6) is 0.917.